The van der Waals surface area contributed by atoms with E-state index in [0.717, 1.165) is 25.3 Å². The minimum Gasteiger partial charge on any atom is -0.481 e. The molecule has 1 aliphatic carbocycles. The number of nitriles is 1. The fourth-order valence-corrected chi connectivity index (χ4v) is 4.77. The smallest absolute Gasteiger partial charge is 0.417 e. The maximum Gasteiger partial charge on any atom is 0.417 e. The summed E-state index contributed by atoms with van der Waals surface area (Å²) in [6.07, 6.45) is -1.04. The van der Waals surface area contributed by atoms with Crippen LogP contribution in [0.2, 0.25) is 0 Å². The van der Waals surface area contributed by atoms with E-state index in [2.05, 4.69) is 4.98 Å². The third-order valence-electron chi connectivity index (χ3n) is 6.77. The number of carbonyl (C=O) groups is 1. The minimum absolute atomic E-state index is 0.0376. The summed E-state index contributed by atoms with van der Waals surface area (Å²) in [6, 6.07) is 2.76. The van der Waals surface area contributed by atoms with Crippen molar-refractivity contribution in [2.24, 2.45) is 11.3 Å². The molecule has 1 N–H and O–H groups in total. The van der Waals surface area contributed by atoms with Crippen molar-refractivity contribution in [1.29, 1.82) is 5.26 Å². The number of rotatable bonds is 3. The van der Waals surface area contributed by atoms with Gasteiger partial charge in [-0.25, -0.2) is 4.98 Å². The Labute approximate surface area is 166 Å². The molecule has 1 saturated carbocycles. The SMILES string of the molecule is C[C@H]1CCN1c1nc(N2CC3(CCC(C(=O)O)CC3)C2)cc(C(F)(F)F)c1C#N. The van der Waals surface area contributed by atoms with E-state index >= 15 is 0 Å². The minimum atomic E-state index is -4.63. The molecule has 156 valence electrons. The van der Waals surface area contributed by atoms with E-state index in [-0.39, 0.29) is 29.0 Å². The molecule has 2 aliphatic heterocycles. The van der Waals surface area contributed by atoms with Crippen LogP contribution in [0.5, 0.6) is 0 Å². The number of carboxylic acid groups (broad SMARTS) is 1. The van der Waals surface area contributed by atoms with Crippen molar-refractivity contribution in [2.75, 3.05) is 29.4 Å². The zero-order valence-electron chi connectivity index (χ0n) is 16.2. The normalized spacial score (nSPS) is 24.0. The maximum atomic E-state index is 13.7. The van der Waals surface area contributed by atoms with Gasteiger partial charge < -0.3 is 14.9 Å². The summed E-state index contributed by atoms with van der Waals surface area (Å²) in [5.74, 6) is -0.727. The number of nitrogens with zero attached hydrogens (tertiary/aromatic N) is 4. The fourth-order valence-electron chi connectivity index (χ4n) is 4.77. The predicted molar refractivity (Wildman–Crippen MR) is 99.6 cm³/mol. The molecule has 0 aromatic carbocycles. The van der Waals surface area contributed by atoms with Gasteiger partial charge in [-0.15, -0.1) is 0 Å². The number of hydrogen-bond acceptors (Lipinski definition) is 5. The van der Waals surface area contributed by atoms with E-state index in [4.69, 9.17) is 5.11 Å². The average Bonchev–Trinajstić information content (AvgIpc) is 2.63. The molecule has 2 saturated heterocycles. The van der Waals surface area contributed by atoms with Crippen molar-refractivity contribution in [2.45, 2.75) is 51.2 Å². The summed E-state index contributed by atoms with van der Waals surface area (Å²) < 4.78 is 41.0. The summed E-state index contributed by atoms with van der Waals surface area (Å²) in [5, 5.41) is 18.6. The summed E-state index contributed by atoms with van der Waals surface area (Å²) in [7, 11) is 0. The Bertz CT molecular complexity index is 864. The van der Waals surface area contributed by atoms with Gasteiger partial charge in [-0.3, -0.25) is 4.79 Å². The van der Waals surface area contributed by atoms with Crippen molar-refractivity contribution in [3.05, 3.63) is 17.2 Å². The third-order valence-corrected chi connectivity index (χ3v) is 6.77. The maximum absolute atomic E-state index is 13.7. The Morgan fingerprint density at radius 1 is 1.31 bits per heavy atom. The average molecular weight is 408 g/mol. The van der Waals surface area contributed by atoms with Crippen LogP contribution in [0, 0.1) is 22.7 Å². The van der Waals surface area contributed by atoms with Gasteiger partial charge in [0.25, 0.3) is 0 Å². The lowest BCUT2D eigenvalue weighted by molar-refractivity contribution is -0.143. The Kier molecular flexibility index (Phi) is 4.63. The molecule has 1 aromatic rings. The lowest BCUT2D eigenvalue weighted by Crippen LogP contribution is -2.58. The molecule has 0 amide bonds. The molecule has 4 rings (SSSR count). The van der Waals surface area contributed by atoms with Crippen molar-refractivity contribution < 1.29 is 23.1 Å². The van der Waals surface area contributed by atoms with E-state index in [1.165, 1.54) is 0 Å². The molecule has 3 heterocycles. The summed E-state index contributed by atoms with van der Waals surface area (Å²) in [4.78, 5) is 19.2. The van der Waals surface area contributed by atoms with Crippen LogP contribution in [0.1, 0.15) is 50.2 Å². The lowest BCUT2D eigenvalue weighted by atomic mass is 9.66. The Balaban J connectivity index is 1.60. The second-order valence-electron chi connectivity index (χ2n) is 8.64. The molecule has 1 atom stereocenters. The summed E-state index contributed by atoms with van der Waals surface area (Å²) in [6.45, 7) is 3.64. The molecule has 1 aromatic heterocycles. The number of hydrogen-bond donors (Lipinski definition) is 1. The van der Waals surface area contributed by atoms with Gasteiger partial charge in [-0.1, -0.05) is 0 Å². The lowest BCUT2D eigenvalue weighted by Gasteiger charge is -2.54. The van der Waals surface area contributed by atoms with E-state index in [0.29, 0.717) is 32.5 Å². The molecule has 9 heteroatoms. The van der Waals surface area contributed by atoms with Gasteiger partial charge >= 0.3 is 12.1 Å². The first-order valence-electron chi connectivity index (χ1n) is 9.90. The predicted octanol–water partition coefficient (Wildman–Crippen LogP) is 3.65. The topological polar surface area (TPSA) is 80.5 Å². The molecule has 0 bridgehead atoms. The molecular formula is C20H23F3N4O2. The van der Waals surface area contributed by atoms with Crippen LogP contribution >= 0.6 is 0 Å². The molecule has 0 unspecified atom stereocenters. The van der Waals surface area contributed by atoms with E-state index in [1.54, 1.807) is 11.0 Å². The van der Waals surface area contributed by atoms with Crippen LogP contribution in [-0.2, 0) is 11.0 Å². The van der Waals surface area contributed by atoms with E-state index in [1.807, 2.05) is 11.8 Å². The third kappa shape index (κ3) is 3.38. The first kappa shape index (κ1) is 19.8. The van der Waals surface area contributed by atoms with Gasteiger partial charge in [0.2, 0.25) is 0 Å². The van der Waals surface area contributed by atoms with Crippen LogP contribution in [0.15, 0.2) is 6.07 Å². The Morgan fingerprint density at radius 2 is 1.97 bits per heavy atom. The molecular weight excluding hydrogens is 385 g/mol. The van der Waals surface area contributed by atoms with Crippen LogP contribution in [0.3, 0.4) is 0 Å². The molecule has 3 aliphatic rings. The zero-order chi connectivity index (χ0) is 21.0. The fraction of sp³-hybridized carbons (Fsp3) is 0.650. The molecule has 0 radical (unpaired) electrons. The molecule has 3 fully saturated rings. The Hall–Kier alpha value is -2.50. The standard InChI is InChI=1S/C20H23F3N4O2/c1-12-4-7-27(12)17-14(9-24)15(20(21,22)23)8-16(25-17)26-10-19(11-26)5-2-13(3-6-19)18(28)29/h8,12-13H,2-7,10-11H2,1H3,(H,28,29)/t12-/m0/s1. The summed E-state index contributed by atoms with van der Waals surface area (Å²) >= 11 is 0. The van der Waals surface area contributed by atoms with Gasteiger partial charge in [-0.2, -0.15) is 18.4 Å². The van der Waals surface area contributed by atoms with Crippen LogP contribution in [0.4, 0.5) is 24.8 Å². The van der Waals surface area contributed by atoms with Crippen LogP contribution in [-0.4, -0.2) is 41.7 Å². The zero-order valence-corrected chi connectivity index (χ0v) is 16.2. The number of pyridine rings is 1. The quantitative estimate of drug-likeness (QED) is 0.822. The Morgan fingerprint density at radius 3 is 2.41 bits per heavy atom. The van der Waals surface area contributed by atoms with Crippen molar-refractivity contribution in [1.82, 2.24) is 4.98 Å². The van der Waals surface area contributed by atoms with Gasteiger partial charge in [0, 0.05) is 31.1 Å². The first-order valence-corrected chi connectivity index (χ1v) is 9.90. The number of alkyl halides is 3. The molecule has 1 spiro atoms. The second kappa shape index (κ2) is 6.78. The highest BCUT2D eigenvalue weighted by Crippen LogP contribution is 2.48. The monoisotopic (exact) mass is 408 g/mol. The van der Waals surface area contributed by atoms with Crippen molar-refractivity contribution in [3.8, 4) is 6.07 Å². The highest BCUT2D eigenvalue weighted by molar-refractivity contribution is 5.70. The second-order valence-corrected chi connectivity index (χ2v) is 8.64. The highest BCUT2D eigenvalue weighted by Gasteiger charge is 2.48. The van der Waals surface area contributed by atoms with Gasteiger partial charge in [0.05, 0.1) is 11.5 Å². The number of aromatic nitrogens is 1. The highest BCUT2D eigenvalue weighted by atomic mass is 19.4. The van der Waals surface area contributed by atoms with Gasteiger partial charge in [0.1, 0.15) is 23.3 Å². The van der Waals surface area contributed by atoms with Crippen LogP contribution < -0.4 is 9.80 Å². The van der Waals surface area contributed by atoms with Gasteiger partial charge in [-0.05, 0) is 45.1 Å². The molecule has 29 heavy (non-hydrogen) atoms. The van der Waals surface area contributed by atoms with E-state index < -0.39 is 23.3 Å². The first-order chi connectivity index (χ1) is 13.6. The van der Waals surface area contributed by atoms with Crippen LogP contribution in [0.25, 0.3) is 0 Å². The number of aliphatic carboxylic acids is 1. The molecule has 6 nitrogen and oxygen atoms in total. The van der Waals surface area contributed by atoms with Crippen molar-refractivity contribution >= 4 is 17.6 Å². The van der Waals surface area contributed by atoms with E-state index in [9.17, 15) is 23.2 Å². The van der Waals surface area contributed by atoms with Crippen molar-refractivity contribution in [3.63, 3.8) is 0 Å². The summed E-state index contributed by atoms with van der Waals surface area (Å²) in [5.41, 5.74) is -1.39. The number of halogens is 3. The van der Waals surface area contributed by atoms with Gasteiger partial charge in [0.15, 0.2) is 0 Å². The number of anilines is 2. The largest absolute Gasteiger partial charge is 0.481 e. The number of carboxylic acids is 1.